The average Bonchev–Trinajstić information content (AvgIpc) is 2.39. The summed E-state index contributed by atoms with van der Waals surface area (Å²) >= 11 is 0. The normalized spacial score (nSPS) is 11.1. The molecule has 19 heavy (non-hydrogen) atoms. The van der Waals surface area contributed by atoms with Crippen molar-refractivity contribution in [3.8, 4) is 5.75 Å². The number of methoxy groups -OCH3 is 1. The van der Waals surface area contributed by atoms with E-state index in [0.29, 0.717) is 12.5 Å². The molecule has 108 valence electrons. The summed E-state index contributed by atoms with van der Waals surface area (Å²) in [5.41, 5.74) is 6.65. The molecule has 0 bridgehead atoms. The van der Waals surface area contributed by atoms with Crippen LogP contribution in [0.4, 0.5) is 5.69 Å². The zero-order chi connectivity index (χ0) is 13.4. The van der Waals surface area contributed by atoms with E-state index in [1.165, 1.54) is 0 Å². The van der Waals surface area contributed by atoms with Crippen LogP contribution in [0.3, 0.4) is 0 Å². The Morgan fingerprint density at radius 3 is 2.74 bits per heavy atom. The molecule has 1 aromatic carbocycles. The van der Waals surface area contributed by atoms with Crippen molar-refractivity contribution in [2.75, 3.05) is 39.1 Å². The van der Waals surface area contributed by atoms with E-state index in [1.54, 1.807) is 7.11 Å². The highest BCUT2D eigenvalue weighted by Crippen LogP contribution is 2.22. The fraction of sp³-hybridized carbons (Fsp3) is 0.462. The van der Waals surface area contributed by atoms with Gasteiger partial charge < -0.3 is 20.7 Å². The number of nitrogens with one attached hydrogen (secondary N) is 1. The third-order valence-corrected chi connectivity index (χ3v) is 2.67. The zero-order valence-corrected chi connectivity index (χ0v) is 14.0. The van der Waals surface area contributed by atoms with Crippen molar-refractivity contribution < 1.29 is 4.74 Å². The van der Waals surface area contributed by atoms with Crippen LogP contribution in [0.2, 0.25) is 0 Å². The van der Waals surface area contributed by atoms with Crippen molar-refractivity contribution in [3.05, 3.63) is 24.3 Å². The largest absolute Gasteiger partial charge is 0.495 e. The molecule has 0 aliphatic heterocycles. The number of nitrogens with two attached hydrogens (primary N) is 1. The number of ether oxygens (including phenoxy) is 1. The summed E-state index contributed by atoms with van der Waals surface area (Å²) in [7, 11) is 3.68. The maximum absolute atomic E-state index is 5.82. The predicted molar refractivity (Wildman–Crippen MR) is 91.7 cm³/mol. The molecule has 6 heteroatoms. The van der Waals surface area contributed by atoms with Crippen molar-refractivity contribution in [1.82, 2.24) is 4.90 Å². The number of halogens is 1. The number of anilines is 1. The lowest BCUT2D eigenvalue weighted by atomic mass is 10.3. The van der Waals surface area contributed by atoms with Crippen molar-refractivity contribution in [3.63, 3.8) is 0 Å². The van der Waals surface area contributed by atoms with Gasteiger partial charge in [0, 0.05) is 6.54 Å². The van der Waals surface area contributed by atoms with Gasteiger partial charge in [-0.25, -0.2) is 0 Å². The smallest absolute Gasteiger partial charge is 0.193 e. The molecular formula is C13H23IN4O. The van der Waals surface area contributed by atoms with Gasteiger partial charge in [-0.3, -0.25) is 4.99 Å². The Morgan fingerprint density at radius 2 is 2.11 bits per heavy atom. The maximum Gasteiger partial charge on any atom is 0.193 e. The number of rotatable bonds is 6. The molecular weight excluding hydrogens is 355 g/mol. The molecule has 0 heterocycles. The number of hydrogen-bond acceptors (Lipinski definition) is 3. The van der Waals surface area contributed by atoms with E-state index in [1.807, 2.05) is 24.3 Å². The van der Waals surface area contributed by atoms with Gasteiger partial charge in [0.05, 0.1) is 19.3 Å². The van der Waals surface area contributed by atoms with Gasteiger partial charge >= 0.3 is 0 Å². The Balaban J connectivity index is 0.00000324. The van der Waals surface area contributed by atoms with Gasteiger partial charge in [-0.15, -0.1) is 24.0 Å². The van der Waals surface area contributed by atoms with Gasteiger partial charge in [0.2, 0.25) is 0 Å². The SMILES string of the molecule is CCN(C)CCN=C(N)Nc1ccccc1OC.I. The van der Waals surface area contributed by atoms with E-state index in [-0.39, 0.29) is 24.0 Å². The molecule has 0 atom stereocenters. The highest BCUT2D eigenvalue weighted by molar-refractivity contribution is 14.0. The molecule has 0 saturated carbocycles. The maximum atomic E-state index is 5.82. The number of benzene rings is 1. The summed E-state index contributed by atoms with van der Waals surface area (Å²) in [6.45, 7) is 4.69. The summed E-state index contributed by atoms with van der Waals surface area (Å²) in [5, 5.41) is 3.04. The van der Waals surface area contributed by atoms with Crippen molar-refractivity contribution >= 4 is 35.6 Å². The molecule has 0 radical (unpaired) electrons. The second kappa shape index (κ2) is 9.85. The molecule has 3 N–H and O–H groups in total. The topological polar surface area (TPSA) is 62.9 Å². The number of nitrogens with zero attached hydrogens (tertiary/aromatic N) is 2. The summed E-state index contributed by atoms with van der Waals surface area (Å²) in [6.07, 6.45) is 0. The summed E-state index contributed by atoms with van der Waals surface area (Å²) in [6, 6.07) is 7.61. The quantitative estimate of drug-likeness (QED) is 0.452. The van der Waals surface area contributed by atoms with Gasteiger partial charge in [0.25, 0.3) is 0 Å². The Morgan fingerprint density at radius 1 is 1.42 bits per heavy atom. The summed E-state index contributed by atoms with van der Waals surface area (Å²) < 4.78 is 5.23. The first kappa shape index (κ1) is 18.0. The van der Waals surface area contributed by atoms with Gasteiger partial charge in [0.15, 0.2) is 5.96 Å². The average molecular weight is 378 g/mol. The summed E-state index contributed by atoms with van der Waals surface area (Å²) in [4.78, 5) is 6.45. The van der Waals surface area contributed by atoms with Crippen LogP contribution in [0.15, 0.2) is 29.3 Å². The first-order valence-electron chi connectivity index (χ1n) is 6.06. The Labute approximate surface area is 132 Å². The number of para-hydroxylation sites is 2. The third kappa shape index (κ3) is 6.63. The molecule has 0 unspecified atom stereocenters. The molecule has 0 spiro atoms. The predicted octanol–water partition coefficient (Wildman–Crippen LogP) is 1.99. The highest BCUT2D eigenvalue weighted by atomic mass is 127. The van der Waals surface area contributed by atoms with Crippen LogP contribution in [0.5, 0.6) is 5.75 Å². The minimum Gasteiger partial charge on any atom is -0.495 e. The lowest BCUT2D eigenvalue weighted by molar-refractivity contribution is 0.363. The molecule has 1 aromatic rings. The lowest BCUT2D eigenvalue weighted by Gasteiger charge is -2.12. The number of guanidine groups is 1. The van der Waals surface area contributed by atoms with Crippen LogP contribution < -0.4 is 15.8 Å². The monoisotopic (exact) mass is 378 g/mol. The van der Waals surface area contributed by atoms with Gasteiger partial charge in [-0.1, -0.05) is 19.1 Å². The second-order valence-electron chi connectivity index (χ2n) is 3.99. The Hall–Kier alpha value is -1.02. The van der Waals surface area contributed by atoms with E-state index >= 15 is 0 Å². The number of hydrogen-bond donors (Lipinski definition) is 2. The Kier molecular flexibility index (Phi) is 9.32. The van der Waals surface area contributed by atoms with E-state index in [0.717, 1.165) is 24.5 Å². The zero-order valence-electron chi connectivity index (χ0n) is 11.7. The molecule has 0 amide bonds. The van der Waals surface area contributed by atoms with Crippen molar-refractivity contribution in [1.29, 1.82) is 0 Å². The Bertz CT molecular complexity index is 398. The molecule has 0 aliphatic carbocycles. The van der Waals surface area contributed by atoms with Crippen LogP contribution in [-0.4, -0.2) is 44.7 Å². The van der Waals surface area contributed by atoms with Crippen LogP contribution in [0.1, 0.15) is 6.92 Å². The molecule has 0 fully saturated rings. The lowest BCUT2D eigenvalue weighted by Crippen LogP contribution is -2.26. The standard InChI is InChI=1S/C13H22N4O.HI/c1-4-17(2)10-9-15-13(14)16-11-7-5-6-8-12(11)18-3;/h5-8H,4,9-10H2,1-3H3,(H3,14,15,16);1H. The molecule has 1 rings (SSSR count). The first-order chi connectivity index (χ1) is 8.67. The van der Waals surface area contributed by atoms with Gasteiger partial charge in [-0.2, -0.15) is 0 Å². The fourth-order valence-electron chi connectivity index (χ4n) is 1.42. The van der Waals surface area contributed by atoms with Crippen LogP contribution >= 0.6 is 24.0 Å². The minimum atomic E-state index is 0. The fourth-order valence-corrected chi connectivity index (χ4v) is 1.42. The van der Waals surface area contributed by atoms with Gasteiger partial charge in [0.1, 0.15) is 5.75 Å². The first-order valence-corrected chi connectivity index (χ1v) is 6.06. The minimum absolute atomic E-state index is 0. The van der Waals surface area contributed by atoms with E-state index in [4.69, 9.17) is 10.5 Å². The van der Waals surface area contributed by atoms with Crippen LogP contribution in [-0.2, 0) is 0 Å². The van der Waals surface area contributed by atoms with E-state index in [9.17, 15) is 0 Å². The molecule has 0 aromatic heterocycles. The molecule has 5 nitrogen and oxygen atoms in total. The molecule has 0 saturated heterocycles. The van der Waals surface area contributed by atoms with Gasteiger partial charge in [-0.05, 0) is 25.7 Å². The summed E-state index contributed by atoms with van der Waals surface area (Å²) in [5.74, 6) is 1.16. The number of aliphatic imine (C=N–C) groups is 1. The second-order valence-corrected chi connectivity index (χ2v) is 3.99. The van der Waals surface area contributed by atoms with Crippen LogP contribution in [0.25, 0.3) is 0 Å². The van der Waals surface area contributed by atoms with Crippen LogP contribution in [0, 0.1) is 0 Å². The molecule has 0 aliphatic rings. The highest BCUT2D eigenvalue weighted by Gasteiger charge is 2.02. The van der Waals surface area contributed by atoms with Crippen molar-refractivity contribution in [2.45, 2.75) is 6.92 Å². The van der Waals surface area contributed by atoms with Crippen molar-refractivity contribution in [2.24, 2.45) is 10.7 Å². The van der Waals surface area contributed by atoms with E-state index in [2.05, 4.69) is 29.2 Å². The number of likely N-dealkylation sites (N-methyl/N-ethyl adjacent to an activating group) is 1. The third-order valence-electron chi connectivity index (χ3n) is 2.67. The van der Waals surface area contributed by atoms with E-state index < -0.39 is 0 Å².